The van der Waals surface area contributed by atoms with Crippen molar-refractivity contribution in [2.75, 3.05) is 12.4 Å². The van der Waals surface area contributed by atoms with Crippen LogP contribution in [0.3, 0.4) is 0 Å². The van der Waals surface area contributed by atoms with Crippen molar-refractivity contribution in [3.05, 3.63) is 94.8 Å². The zero-order valence-electron chi connectivity index (χ0n) is 16.4. The highest BCUT2D eigenvalue weighted by Crippen LogP contribution is 2.23. The molecule has 3 aromatic carbocycles. The molecule has 0 N–H and O–H groups in total. The molecule has 4 aromatic rings. The molecule has 0 saturated carbocycles. The smallest absolute Gasteiger partial charge is 0.266 e. The van der Waals surface area contributed by atoms with Crippen LogP contribution in [0.5, 0.6) is 5.75 Å². The van der Waals surface area contributed by atoms with Gasteiger partial charge in [-0.1, -0.05) is 54.2 Å². The summed E-state index contributed by atoms with van der Waals surface area (Å²) in [7, 11) is 0. The number of carbonyl (C=O) groups excluding carboxylic acids is 1. The molecule has 0 aliphatic carbocycles. The van der Waals surface area contributed by atoms with Gasteiger partial charge in [-0.2, -0.15) is 0 Å². The van der Waals surface area contributed by atoms with E-state index >= 15 is 0 Å². The molecule has 150 valence electrons. The standard InChI is InChI=1S/C24H20N2O3S/c1-17(27)19-11-6-8-14-22(19)29-15-16-30-24-25-21-13-7-5-12-20(21)23(28)26(24)18-9-3-2-4-10-18/h2-14H,15-16H2,1H3. The minimum absolute atomic E-state index is 0.0348. The van der Waals surface area contributed by atoms with E-state index < -0.39 is 0 Å². The molecule has 5 nitrogen and oxygen atoms in total. The number of para-hydroxylation sites is 3. The van der Waals surface area contributed by atoms with E-state index in [-0.39, 0.29) is 11.3 Å². The number of ether oxygens (including phenoxy) is 1. The predicted molar refractivity (Wildman–Crippen MR) is 120 cm³/mol. The van der Waals surface area contributed by atoms with E-state index in [0.717, 1.165) is 5.69 Å². The number of rotatable bonds is 7. The van der Waals surface area contributed by atoms with Crippen molar-refractivity contribution in [3.8, 4) is 11.4 Å². The zero-order valence-corrected chi connectivity index (χ0v) is 17.3. The van der Waals surface area contributed by atoms with Gasteiger partial charge in [0.15, 0.2) is 10.9 Å². The van der Waals surface area contributed by atoms with E-state index in [9.17, 15) is 9.59 Å². The molecule has 0 bridgehead atoms. The van der Waals surface area contributed by atoms with Gasteiger partial charge in [0.2, 0.25) is 0 Å². The van der Waals surface area contributed by atoms with Crippen LogP contribution in [0.15, 0.2) is 88.8 Å². The normalized spacial score (nSPS) is 10.8. The first-order valence-electron chi connectivity index (χ1n) is 9.58. The lowest BCUT2D eigenvalue weighted by Gasteiger charge is -2.14. The summed E-state index contributed by atoms with van der Waals surface area (Å²) in [6.45, 7) is 1.90. The maximum atomic E-state index is 13.2. The molecule has 0 radical (unpaired) electrons. The SMILES string of the molecule is CC(=O)c1ccccc1OCCSc1nc2ccccc2c(=O)n1-c1ccccc1. The summed E-state index contributed by atoms with van der Waals surface area (Å²) in [5.41, 5.74) is 1.90. The average Bonchev–Trinajstić information content (AvgIpc) is 2.77. The number of benzene rings is 3. The van der Waals surface area contributed by atoms with Gasteiger partial charge < -0.3 is 4.74 Å². The Morgan fingerprint density at radius 2 is 1.67 bits per heavy atom. The van der Waals surface area contributed by atoms with Gasteiger partial charge in [0.1, 0.15) is 5.75 Å². The topological polar surface area (TPSA) is 61.2 Å². The quantitative estimate of drug-likeness (QED) is 0.188. The van der Waals surface area contributed by atoms with Crippen LogP contribution in [-0.2, 0) is 0 Å². The number of hydrogen-bond donors (Lipinski definition) is 0. The summed E-state index contributed by atoms with van der Waals surface area (Å²) < 4.78 is 7.46. The van der Waals surface area contributed by atoms with E-state index in [2.05, 4.69) is 0 Å². The van der Waals surface area contributed by atoms with E-state index in [0.29, 0.717) is 39.7 Å². The lowest BCUT2D eigenvalue weighted by molar-refractivity contribution is 0.101. The van der Waals surface area contributed by atoms with Crippen LogP contribution in [0.1, 0.15) is 17.3 Å². The van der Waals surface area contributed by atoms with Crippen molar-refractivity contribution < 1.29 is 9.53 Å². The maximum absolute atomic E-state index is 13.2. The number of aromatic nitrogens is 2. The number of ketones is 1. The molecule has 0 spiro atoms. The largest absolute Gasteiger partial charge is 0.492 e. The molecule has 30 heavy (non-hydrogen) atoms. The fourth-order valence-electron chi connectivity index (χ4n) is 3.18. The predicted octanol–water partition coefficient (Wildman–Crippen LogP) is 4.76. The van der Waals surface area contributed by atoms with Crippen molar-refractivity contribution in [2.24, 2.45) is 0 Å². The molecule has 0 amide bonds. The monoisotopic (exact) mass is 416 g/mol. The van der Waals surface area contributed by atoms with Crippen molar-refractivity contribution in [3.63, 3.8) is 0 Å². The van der Waals surface area contributed by atoms with Crippen LogP contribution >= 0.6 is 11.8 Å². The fourth-order valence-corrected chi connectivity index (χ4v) is 4.01. The van der Waals surface area contributed by atoms with Crippen LogP contribution in [0.2, 0.25) is 0 Å². The van der Waals surface area contributed by atoms with E-state index in [1.54, 1.807) is 22.8 Å². The summed E-state index contributed by atoms with van der Waals surface area (Å²) in [5, 5.41) is 1.19. The van der Waals surface area contributed by atoms with Gasteiger partial charge >= 0.3 is 0 Å². The summed E-state index contributed by atoms with van der Waals surface area (Å²) >= 11 is 1.45. The van der Waals surface area contributed by atoms with E-state index in [4.69, 9.17) is 9.72 Å². The molecule has 0 unspecified atom stereocenters. The Bertz CT molecular complexity index is 1250. The van der Waals surface area contributed by atoms with Gasteiger partial charge in [0, 0.05) is 5.75 Å². The lowest BCUT2D eigenvalue weighted by Crippen LogP contribution is -2.22. The number of fused-ring (bicyclic) bond motifs is 1. The van der Waals surface area contributed by atoms with Gasteiger partial charge in [-0.3, -0.25) is 14.2 Å². The summed E-state index contributed by atoms with van der Waals surface area (Å²) in [6.07, 6.45) is 0. The second-order valence-electron chi connectivity index (χ2n) is 6.64. The number of hydrogen-bond acceptors (Lipinski definition) is 5. The molecule has 1 aromatic heterocycles. The Balaban J connectivity index is 1.60. The van der Waals surface area contributed by atoms with Crippen molar-refractivity contribution in [1.29, 1.82) is 0 Å². The van der Waals surface area contributed by atoms with Crippen LogP contribution < -0.4 is 10.3 Å². The van der Waals surface area contributed by atoms with Crippen LogP contribution in [0.25, 0.3) is 16.6 Å². The molecule has 0 saturated heterocycles. The van der Waals surface area contributed by atoms with Gasteiger partial charge in [-0.15, -0.1) is 0 Å². The summed E-state index contributed by atoms with van der Waals surface area (Å²) in [4.78, 5) is 29.6. The highest BCUT2D eigenvalue weighted by atomic mass is 32.2. The van der Waals surface area contributed by atoms with Crippen molar-refractivity contribution in [1.82, 2.24) is 9.55 Å². The van der Waals surface area contributed by atoms with Gasteiger partial charge in [-0.25, -0.2) is 4.98 Å². The number of nitrogens with zero attached hydrogens (tertiary/aromatic N) is 2. The minimum Gasteiger partial charge on any atom is -0.492 e. The maximum Gasteiger partial charge on any atom is 0.266 e. The first-order chi connectivity index (χ1) is 14.6. The van der Waals surface area contributed by atoms with Gasteiger partial charge in [0.05, 0.1) is 28.8 Å². The van der Waals surface area contributed by atoms with E-state index in [1.807, 2.05) is 60.7 Å². The summed E-state index contributed by atoms with van der Waals surface area (Å²) in [5.74, 6) is 1.11. The number of carbonyl (C=O) groups is 1. The molecule has 4 rings (SSSR count). The van der Waals surface area contributed by atoms with Crippen molar-refractivity contribution >= 4 is 28.4 Å². The molecule has 6 heteroatoms. The highest BCUT2D eigenvalue weighted by Gasteiger charge is 2.13. The van der Waals surface area contributed by atoms with Gasteiger partial charge in [-0.05, 0) is 43.3 Å². The Kier molecular flexibility index (Phi) is 5.95. The first-order valence-corrected chi connectivity index (χ1v) is 10.6. The molecular formula is C24H20N2O3S. The number of Topliss-reactive ketones (excluding diaryl/α,β-unsaturated/α-hetero) is 1. The average molecular weight is 417 g/mol. The Hall–Kier alpha value is -3.38. The van der Waals surface area contributed by atoms with Crippen molar-refractivity contribution in [2.45, 2.75) is 12.1 Å². The Morgan fingerprint density at radius 1 is 0.967 bits per heavy atom. The second kappa shape index (κ2) is 8.97. The Morgan fingerprint density at radius 3 is 2.47 bits per heavy atom. The molecular weight excluding hydrogens is 396 g/mol. The fraction of sp³-hybridized carbons (Fsp3) is 0.125. The van der Waals surface area contributed by atoms with Crippen LogP contribution in [0, 0.1) is 0 Å². The molecule has 0 fully saturated rings. The third-order valence-electron chi connectivity index (χ3n) is 4.60. The van der Waals surface area contributed by atoms with Gasteiger partial charge in [0.25, 0.3) is 5.56 Å². The molecule has 0 aliphatic rings. The third kappa shape index (κ3) is 4.14. The first kappa shape index (κ1) is 19.9. The number of thioether (sulfide) groups is 1. The zero-order chi connectivity index (χ0) is 20.9. The van der Waals surface area contributed by atoms with Crippen LogP contribution in [0.4, 0.5) is 0 Å². The second-order valence-corrected chi connectivity index (χ2v) is 7.70. The van der Waals surface area contributed by atoms with Crippen LogP contribution in [-0.4, -0.2) is 27.7 Å². The van der Waals surface area contributed by atoms with E-state index in [1.165, 1.54) is 18.7 Å². The molecule has 0 atom stereocenters. The lowest BCUT2D eigenvalue weighted by atomic mass is 10.1. The Labute approximate surface area is 178 Å². The highest BCUT2D eigenvalue weighted by molar-refractivity contribution is 7.99. The molecule has 0 aliphatic heterocycles. The summed E-state index contributed by atoms with van der Waals surface area (Å²) in [6, 6.07) is 24.0. The minimum atomic E-state index is -0.0999. The third-order valence-corrected chi connectivity index (χ3v) is 5.50. The molecule has 1 heterocycles.